The highest BCUT2D eigenvalue weighted by Crippen LogP contribution is 2.39. The number of aliphatic hydroxyl groups excluding tert-OH is 2. The van der Waals surface area contributed by atoms with Crippen molar-refractivity contribution < 1.29 is 15.0 Å². The molecule has 0 unspecified atom stereocenters. The smallest absolute Gasteiger partial charge is 0.227 e. The summed E-state index contributed by atoms with van der Waals surface area (Å²) in [5, 5.41) is 19.7. The van der Waals surface area contributed by atoms with Gasteiger partial charge in [-0.05, 0) is 61.7 Å². The summed E-state index contributed by atoms with van der Waals surface area (Å²) in [6.45, 7) is 3.90. The standard InChI is InChI=1S/C21H30N2O3/c24-14-16-5-3-15(4-6-16)9-21(26)23-12-17-10-19(22-7-1-2-8-22)20(25)11-18(17)13-23/h3-6,17-20,24-25H,1-2,7-14H2/t17-,18+,19-,20-/m1/s1. The van der Waals surface area contributed by atoms with E-state index in [4.69, 9.17) is 5.11 Å². The average molecular weight is 358 g/mol. The number of benzene rings is 1. The summed E-state index contributed by atoms with van der Waals surface area (Å²) in [5.41, 5.74) is 1.87. The predicted molar refractivity (Wildman–Crippen MR) is 99.5 cm³/mol. The van der Waals surface area contributed by atoms with Gasteiger partial charge in [0.05, 0.1) is 19.1 Å². The largest absolute Gasteiger partial charge is 0.392 e. The summed E-state index contributed by atoms with van der Waals surface area (Å²) in [6.07, 6.45) is 4.54. The van der Waals surface area contributed by atoms with Crippen LogP contribution < -0.4 is 0 Å². The van der Waals surface area contributed by atoms with Crippen LogP contribution in [0.1, 0.15) is 36.8 Å². The second-order valence-electron chi connectivity index (χ2n) is 8.32. The Morgan fingerprint density at radius 1 is 1.00 bits per heavy atom. The first-order chi connectivity index (χ1) is 12.6. The van der Waals surface area contributed by atoms with Gasteiger partial charge in [-0.15, -0.1) is 0 Å². The van der Waals surface area contributed by atoms with Crippen molar-refractivity contribution in [2.75, 3.05) is 26.2 Å². The number of carbonyl (C=O) groups is 1. The second kappa shape index (κ2) is 7.67. The topological polar surface area (TPSA) is 64.0 Å². The maximum Gasteiger partial charge on any atom is 0.227 e. The van der Waals surface area contributed by atoms with Crippen molar-refractivity contribution in [1.29, 1.82) is 0 Å². The minimum absolute atomic E-state index is 0.0320. The van der Waals surface area contributed by atoms with Crippen LogP contribution in [0.5, 0.6) is 0 Å². The molecule has 4 rings (SSSR count). The lowest BCUT2D eigenvalue weighted by molar-refractivity contribution is -0.129. The van der Waals surface area contributed by atoms with E-state index in [1.54, 1.807) is 0 Å². The van der Waals surface area contributed by atoms with E-state index in [0.29, 0.717) is 24.3 Å². The number of amides is 1. The quantitative estimate of drug-likeness (QED) is 0.854. The van der Waals surface area contributed by atoms with Gasteiger partial charge in [0.25, 0.3) is 0 Å². The van der Waals surface area contributed by atoms with E-state index in [9.17, 15) is 9.90 Å². The van der Waals surface area contributed by atoms with Gasteiger partial charge in [-0.2, -0.15) is 0 Å². The lowest BCUT2D eigenvalue weighted by Crippen LogP contribution is -2.48. The van der Waals surface area contributed by atoms with Gasteiger partial charge in [-0.25, -0.2) is 0 Å². The highest BCUT2D eigenvalue weighted by molar-refractivity contribution is 5.79. The van der Waals surface area contributed by atoms with E-state index in [1.165, 1.54) is 12.8 Å². The number of likely N-dealkylation sites (tertiary alicyclic amines) is 2. The molecule has 1 aromatic carbocycles. The normalized spacial score (nSPS) is 32.0. The molecule has 2 N–H and O–H groups in total. The Kier molecular flexibility index (Phi) is 5.30. The Hall–Kier alpha value is -1.43. The molecular formula is C21H30N2O3. The molecule has 3 aliphatic rings. The fraction of sp³-hybridized carbons (Fsp3) is 0.667. The summed E-state index contributed by atoms with van der Waals surface area (Å²) in [6, 6.07) is 7.91. The molecule has 1 saturated carbocycles. The number of fused-ring (bicyclic) bond motifs is 1. The molecule has 0 radical (unpaired) electrons. The number of aliphatic hydroxyl groups is 2. The molecule has 0 bridgehead atoms. The van der Waals surface area contributed by atoms with E-state index in [1.807, 2.05) is 29.2 Å². The van der Waals surface area contributed by atoms with Gasteiger partial charge < -0.3 is 15.1 Å². The van der Waals surface area contributed by atoms with Crippen molar-refractivity contribution in [2.24, 2.45) is 11.8 Å². The highest BCUT2D eigenvalue weighted by Gasteiger charge is 2.44. The van der Waals surface area contributed by atoms with Crippen LogP contribution in [-0.4, -0.2) is 64.2 Å². The first-order valence-corrected chi connectivity index (χ1v) is 10.0. The summed E-state index contributed by atoms with van der Waals surface area (Å²) < 4.78 is 0. The SMILES string of the molecule is O=C(Cc1ccc(CO)cc1)N1C[C@H]2C[C@@H](N3CCCC3)[C@H](O)C[C@H]2C1. The van der Waals surface area contributed by atoms with Crippen LogP contribution in [-0.2, 0) is 17.8 Å². The molecule has 1 amide bonds. The van der Waals surface area contributed by atoms with Gasteiger partial charge in [0.15, 0.2) is 0 Å². The van der Waals surface area contributed by atoms with Crippen LogP contribution >= 0.6 is 0 Å². The van der Waals surface area contributed by atoms with E-state index in [2.05, 4.69) is 4.90 Å². The molecule has 1 aliphatic carbocycles. The Morgan fingerprint density at radius 3 is 2.27 bits per heavy atom. The Labute approximate surface area is 155 Å². The molecule has 142 valence electrons. The third-order valence-corrected chi connectivity index (χ3v) is 6.63. The number of hydrogen-bond acceptors (Lipinski definition) is 4. The van der Waals surface area contributed by atoms with Crippen LogP contribution in [0.15, 0.2) is 24.3 Å². The van der Waals surface area contributed by atoms with Crippen LogP contribution in [0.4, 0.5) is 0 Å². The minimum atomic E-state index is -0.240. The van der Waals surface area contributed by atoms with Crippen molar-refractivity contribution in [2.45, 2.75) is 50.9 Å². The third kappa shape index (κ3) is 3.66. The zero-order chi connectivity index (χ0) is 18.1. The second-order valence-corrected chi connectivity index (χ2v) is 8.32. The highest BCUT2D eigenvalue weighted by atomic mass is 16.3. The van der Waals surface area contributed by atoms with Gasteiger partial charge in [-0.3, -0.25) is 9.69 Å². The van der Waals surface area contributed by atoms with E-state index in [-0.39, 0.29) is 18.6 Å². The molecule has 5 heteroatoms. The summed E-state index contributed by atoms with van der Waals surface area (Å²) in [4.78, 5) is 17.2. The van der Waals surface area contributed by atoms with Crippen LogP contribution in [0.3, 0.4) is 0 Å². The fourth-order valence-corrected chi connectivity index (χ4v) is 5.13. The Morgan fingerprint density at radius 2 is 1.62 bits per heavy atom. The van der Waals surface area contributed by atoms with Crippen LogP contribution in [0, 0.1) is 11.8 Å². The molecule has 5 nitrogen and oxygen atoms in total. The van der Waals surface area contributed by atoms with E-state index >= 15 is 0 Å². The monoisotopic (exact) mass is 358 g/mol. The van der Waals surface area contributed by atoms with Gasteiger partial charge in [-0.1, -0.05) is 24.3 Å². The minimum Gasteiger partial charge on any atom is -0.392 e. The van der Waals surface area contributed by atoms with Crippen LogP contribution in [0.2, 0.25) is 0 Å². The molecule has 2 heterocycles. The summed E-state index contributed by atoms with van der Waals surface area (Å²) >= 11 is 0. The Bertz CT molecular complexity index is 627. The fourth-order valence-electron chi connectivity index (χ4n) is 5.13. The zero-order valence-electron chi connectivity index (χ0n) is 15.4. The molecule has 3 fully saturated rings. The van der Waals surface area contributed by atoms with Crippen molar-refractivity contribution in [3.63, 3.8) is 0 Å². The maximum atomic E-state index is 12.7. The zero-order valence-corrected chi connectivity index (χ0v) is 15.4. The third-order valence-electron chi connectivity index (χ3n) is 6.63. The van der Waals surface area contributed by atoms with Crippen molar-refractivity contribution in [3.8, 4) is 0 Å². The molecule has 2 aliphatic heterocycles. The molecule has 4 atom stereocenters. The summed E-state index contributed by atoms with van der Waals surface area (Å²) in [5.74, 6) is 1.16. The van der Waals surface area contributed by atoms with Crippen molar-refractivity contribution in [1.82, 2.24) is 9.80 Å². The number of rotatable bonds is 4. The average Bonchev–Trinajstić information content (AvgIpc) is 3.31. The first-order valence-electron chi connectivity index (χ1n) is 10.0. The first kappa shape index (κ1) is 18.0. The molecule has 26 heavy (non-hydrogen) atoms. The predicted octanol–water partition coefficient (Wildman–Crippen LogP) is 1.42. The molecule has 0 spiro atoms. The van der Waals surface area contributed by atoms with Gasteiger partial charge >= 0.3 is 0 Å². The molecule has 2 saturated heterocycles. The van der Waals surface area contributed by atoms with E-state index in [0.717, 1.165) is 50.1 Å². The lowest BCUT2D eigenvalue weighted by Gasteiger charge is -2.40. The molecular weight excluding hydrogens is 328 g/mol. The summed E-state index contributed by atoms with van der Waals surface area (Å²) in [7, 11) is 0. The van der Waals surface area contributed by atoms with E-state index < -0.39 is 0 Å². The Balaban J connectivity index is 1.35. The molecule has 0 aromatic heterocycles. The number of nitrogens with zero attached hydrogens (tertiary/aromatic N) is 2. The number of hydrogen-bond donors (Lipinski definition) is 2. The van der Waals surface area contributed by atoms with Gasteiger partial charge in [0, 0.05) is 19.1 Å². The molecule has 1 aromatic rings. The van der Waals surface area contributed by atoms with Crippen molar-refractivity contribution >= 4 is 5.91 Å². The number of carbonyl (C=O) groups excluding carboxylic acids is 1. The van der Waals surface area contributed by atoms with Gasteiger partial charge in [0.2, 0.25) is 5.91 Å². The van der Waals surface area contributed by atoms with Crippen LogP contribution in [0.25, 0.3) is 0 Å². The van der Waals surface area contributed by atoms with Gasteiger partial charge in [0.1, 0.15) is 0 Å². The lowest BCUT2D eigenvalue weighted by atomic mass is 9.77. The van der Waals surface area contributed by atoms with Crippen molar-refractivity contribution in [3.05, 3.63) is 35.4 Å². The maximum absolute atomic E-state index is 12.7.